The van der Waals surface area contributed by atoms with Crippen molar-refractivity contribution >= 4 is 33.5 Å². The zero-order valence-corrected chi connectivity index (χ0v) is 22.0. The second kappa shape index (κ2) is 12.6. The molecule has 194 valence electrons. The number of benzene rings is 4. The van der Waals surface area contributed by atoms with Gasteiger partial charge in [-0.05, 0) is 79.5 Å². The topological polar surface area (TPSA) is 71.2 Å². The average Bonchev–Trinajstić information content (AvgIpc) is 3.78. The van der Waals surface area contributed by atoms with E-state index in [-0.39, 0.29) is 6.10 Å². The summed E-state index contributed by atoms with van der Waals surface area (Å²) >= 11 is 0. The standard InChI is InChI=1S/C32H34N4O2/c1-3-28(19-13-23(2)21-29-22-37-29)38-31-20-14-24-9-7-8-12-30(24)32(31)36-35-27-17-15-26(16-18-27)34-33-25-10-5-4-6-11-25/h4-12,14-18,20,23,28-29H,3,13,19,21-22H2,1-2H3. The summed E-state index contributed by atoms with van der Waals surface area (Å²) in [5.41, 5.74) is 3.08. The van der Waals surface area contributed by atoms with Gasteiger partial charge in [0.15, 0.2) is 0 Å². The van der Waals surface area contributed by atoms with Gasteiger partial charge in [-0.2, -0.15) is 15.3 Å². The Morgan fingerprint density at radius 3 is 2.08 bits per heavy atom. The van der Waals surface area contributed by atoms with Crippen molar-refractivity contribution in [1.82, 2.24) is 0 Å². The van der Waals surface area contributed by atoms with E-state index in [4.69, 9.17) is 9.47 Å². The summed E-state index contributed by atoms with van der Waals surface area (Å²) in [7, 11) is 0. The Labute approximate surface area is 224 Å². The molecule has 1 aliphatic heterocycles. The number of hydrogen-bond acceptors (Lipinski definition) is 6. The Morgan fingerprint density at radius 1 is 0.763 bits per heavy atom. The third-order valence-corrected chi connectivity index (χ3v) is 6.81. The Hall–Kier alpha value is -3.90. The van der Waals surface area contributed by atoms with Crippen LogP contribution in [-0.2, 0) is 4.74 Å². The van der Waals surface area contributed by atoms with Crippen molar-refractivity contribution in [2.45, 2.75) is 51.7 Å². The molecule has 0 radical (unpaired) electrons. The fourth-order valence-electron chi connectivity index (χ4n) is 4.50. The molecule has 38 heavy (non-hydrogen) atoms. The minimum atomic E-state index is 0.127. The van der Waals surface area contributed by atoms with Crippen LogP contribution in [0.5, 0.6) is 5.75 Å². The number of nitrogens with zero attached hydrogens (tertiary/aromatic N) is 4. The van der Waals surface area contributed by atoms with Crippen LogP contribution in [0.2, 0.25) is 0 Å². The van der Waals surface area contributed by atoms with Gasteiger partial charge in [0.2, 0.25) is 0 Å². The zero-order chi connectivity index (χ0) is 26.2. The van der Waals surface area contributed by atoms with Gasteiger partial charge in [-0.25, -0.2) is 0 Å². The van der Waals surface area contributed by atoms with Crippen LogP contribution >= 0.6 is 0 Å². The number of fused-ring (bicyclic) bond motifs is 1. The van der Waals surface area contributed by atoms with E-state index in [0.717, 1.165) is 71.6 Å². The molecule has 0 bridgehead atoms. The van der Waals surface area contributed by atoms with Gasteiger partial charge in [-0.1, -0.05) is 62.4 Å². The van der Waals surface area contributed by atoms with Crippen LogP contribution in [0.1, 0.15) is 39.5 Å². The molecule has 0 spiro atoms. The van der Waals surface area contributed by atoms with Crippen LogP contribution < -0.4 is 4.74 Å². The highest BCUT2D eigenvalue weighted by molar-refractivity contribution is 5.95. The van der Waals surface area contributed by atoms with E-state index < -0.39 is 0 Å². The molecular weight excluding hydrogens is 472 g/mol. The predicted molar refractivity (Wildman–Crippen MR) is 153 cm³/mol. The molecule has 4 aromatic rings. The summed E-state index contributed by atoms with van der Waals surface area (Å²) < 4.78 is 11.9. The molecule has 5 rings (SSSR count). The van der Waals surface area contributed by atoms with Gasteiger partial charge in [-0.15, -0.1) is 5.11 Å². The van der Waals surface area contributed by atoms with Crippen LogP contribution in [0.15, 0.2) is 111 Å². The van der Waals surface area contributed by atoms with E-state index in [1.54, 1.807) is 0 Å². The third kappa shape index (κ3) is 7.11. The molecule has 3 atom stereocenters. The lowest BCUT2D eigenvalue weighted by atomic mass is 9.97. The second-order valence-electron chi connectivity index (χ2n) is 9.91. The van der Waals surface area contributed by atoms with Crippen molar-refractivity contribution < 1.29 is 9.47 Å². The lowest BCUT2D eigenvalue weighted by Gasteiger charge is -2.21. The van der Waals surface area contributed by atoms with E-state index in [9.17, 15) is 0 Å². The monoisotopic (exact) mass is 506 g/mol. The van der Waals surface area contributed by atoms with Gasteiger partial charge in [0.05, 0.1) is 35.9 Å². The number of ether oxygens (including phenoxy) is 2. The predicted octanol–water partition coefficient (Wildman–Crippen LogP) is 10.0. The van der Waals surface area contributed by atoms with Gasteiger partial charge in [0.25, 0.3) is 0 Å². The fourth-order valence-corrected chi connectivity index (χ4v) is 4.50. The van der Waals surface area contributed by atoms with E-state index in [1.807, 2.05) is 72.8 Å². The van der Waals surface area contributed by atoms with Crippen molar-refractivity contribution in [3.8, 4) is 5.75 Å². The van der Waals surface area contributed by atoms with Gasteiger partial charge in [0, 0.05) is 5.39 Å². The van der Waals surface area contributed by atoms with Crippen LogP contribution in [-0.4, -0.2) is 18.8 Å². The lowest BCUT2D eigenvalue weighted by Crippen LogP contribution is -2.17. The highest BCUT2D eigenvalue weighted by Crippen LogP contribution is 2.38. The highest BCUT2D eigenvalue weighted by atomic mass is 16.6. The molecule has 1 saturated heterocycles. The van der Waals surface area contributed by atoms with Crippen LogP contribution in [0.25, 0.3) is 10.8 Å². The largest absolute Gasteiger partial charge is 0.488 e. The summed E-state index contributed by atoms with van der Waals surface area (Å²) in [5.74, 6) is 1.40. The lowest BCUT2D eigenvalue weighted by molar-refractivity contribution is 0.175. The fraction of sp³-hybridized carbons (Fsp3) is 0.312. The zero-order valence-electron chi connectivity index (χ0n) is 22.0. The summed E-state index contributed by atoms with van der Waals surface area (Å²) in [6, 6.07) is 29.6. The highest BCUT2D eigenvalue weighted by Gasteiger charge is 2.25. The normalized spacial score (nSPS) is 16.7. The van der Waals surface area contributed by atoms with Gasteiger partial charge in [0.1, 0.15) is 11.4 Å². The van der Waals surface area contributed by atoms with Gasteiger partial charge in [-0.3, -0.25) is 0 Å². The van der Waals surface area contributed by atoms with Crippen molar-refractivity contribution in [3.63, 3.8) is 0 Å². The van der Waals surface area contributed by atoms with Crippen molar-refractivity contribution in [3.05, 3.63) is 91.0 Å². The molecule has 1 fully saturated rings. The van der Waals surface area contributed by atoms with Crippen molar-refractivity contribution in [1.29, 1.82) is 0 Å². The summed E-state index contributed by atoms with van der Waals surface area (Å²) in [5, 5.41) is 20.0. The second-order valence-corrected chi connectivity index (χ2v) is 9.91. The summed E-state index contributed by atoms with van der Waals surface area (Å²) in [4.78, 5) is 0. The number of hydrogen-bond donors (Lipinski definition) is 0. The van der Waals surface area contributed by atoms with E-state index in [0.29, 0.717) is 12.0 Å². The quantitative estimate of drug-likeness (QED) is 0.142. The molecule has 0 amide bonds. The van der Waals surface area contributed by atoms with E-state index >= 15 is 0 Å². The van der Waals surface area contributed by atoms with Crippen LogP contribution in [0.4, 0.5) is 22.7 Å². The maximum absolute atomic E-state index is 6.54. The average molecular weight is 507 g/mol. The first-order valence-electron chi connectivity index (χ1n) is 13.5. The third-order valence-electron chi connectivity index (χ3n) is 6.81. The number of epoxide rings is 1. The van der Waals surface area contributed by atoms with Gasteiger partial charge < -0.3 is 9.47 Å². The molecule has 1 aliphatic rings. The van der Waals surface area contributed by atoms with E-state index in [1.165, 1.54) is 0 Å². The Kier molecular flexibility index (Phi) is 8.51. The van der Waals surface area contributed by atoms with E-state index in [2.05, 4.69) is 52.5 Å². The number of rotatable bonds is 12. The van der Waals surface area contributed by atoms with Crippen molar-refractivity contribution in [2.75, 3.05) is 6.61 Å². The molecule has 0 saturated carbocycles. The Morgan fingerprint density at radius 2 is 1.39 bits per heavy atom. The molecule has 3 unspecified atom stereocenters. The molecular formula is C32H34N4O2. The first-order chi connectivity index (χ1) is 18.7. The Bertz CT molecular complexity index is 1380. The minimum absolute atomic E-state index is 0.127. The Balaban J connectivity index is 1.32. The molecule has 0 aromatic heterocycles. The maximum atomic E-state index is 6.54. The molecule has 4 aromatic carbocycles. The molecule has 6 nitrogen and oxygen atoms in total. The summed E-state index contributed by atoms with van der Waals surface area (Å²) in [6.45, 7) is 5.40. The minimum Gasteiger partial charge on any atom is -0.488 e. The smallest absolute Gasteiger partial charge is 0.147 e. The first-order valence-corrected chi connectivity index (χ1v) is 13.5. The SMILES string of the molecule is CCC(CCC(C)CC1CO1)Oc1ccc2ccccc2c1N=Nc1ccc(N=Nc2ccccc2)cc1. The maximum Gasteiger partial charge on any atom is 0.147 e. The molecule has 1 heterocycles. The molecule has 0 N–H and O–H groups in total. The molecule has 6 heteroatoms. The number of azo groups is 2. The first kappa shape index (κ1) is 25.7. The van der Waals surface area contributed by atoms with Crippen molar-refractivity contribution in [2.24, 2.45) is 26.4 Å². The summed E-state index contributed by atoms with van der Waals surface area (Å²) in [6.07, 6.45) is 4.80. The van der Waals surface area contributed by atoms with Crippen LogP contribution in [0.3, 0.4) is 0 Å². The van der Waals surface area contributed by atoms with Crippen LogP contribution in [0, 0.1) is 5.92 Å². The molecule has 0 aliphatic carbocycles. The van der Waals surface area contributed by atoms with Gasteiger partial charge >= 0.3 is 0 Å².